The average Bonchev–Trinajstić information content (AvgIpc) is 2.64. The highest BCUT2D eigenvalue weighted by Gasteiger charge is 2.20. The Bertz CT molecular complexity index is 372. The first kappa shape index (κ1) is 11.2. The topological polar surface area (TPSA) is 84.2 Å². The van der Waals surface area contributed by atoms with Crippen molar-refractivity contribution in [3.63, 3.8) is 0 Å². The molecule has 6 heteroatoms. The van der Waals surface area contributed by atoms with Gasteiger partial charge in [0.25, 0.3) is 0 Å². The molecule has 1 aromatic heterocycles. The van der Waals surface area contributed by atoms with Crippen LogP contribution in [0.25, 0.3) is 0 Å². The van der Waals surface area contributed by atoms with E-state index in [4.69, 9.17) is 5.11 Å². The Balaban J connectivity index is 2.62. The van der Waals surface area contributed by atoms with E-state index in [1.807, 2.05) is 6.92 Å². The van der Waals surface area contributed by atoms with Gasteiger partial charge in [0.2, 0.25) is 5.91 Å². The van der Waals surface area contributed by atoms with Crippen LogP contribution in [-0.2, 0) is 16.1 Å². The van der Waals surface area contributed by atoms with Crippen LogP contribution in [0.4, 0.5) is 5.69 Å². The standard InChI is InChI=1S/C9H13N3O3/c1-3-12-5-7(4-10-12)11-8(13)6(2)9(14)15/h4-6H,3H2,1-2H3,(H,11,13)(H,14,15). The number of carbonyl (C=O) groups excluding carboxylic acids is 1. The van der Waals surface area contributed by atoms with Gasteiger partial charge in [-0.2, -0.15) is 5.10 Å². The molecule has 15 heavy (non-hydrogen) atoms. The van der Waals surface area contributed by atoms with Crippen molar-refractivity contribution < 1.29 is 14.7 Å². The lowest BCUT2D eigenvalue weighted by molar-refractivity contribution is -0.144. The summed E-state index contributed by atoms with van der Waals surface area (Å²) >= 11 is 0. The summed E-state index contributed by atoms with van der Waals surface area (Å²) < 4.78 is 1.64. The Morgan fingerprint density at radius 2 is 2.33 bits per heavy atom. The highest BCUT2D eigenvalue weighted by molar-refractivity contribution is 6.03. The lowest BCUT2D eigenvalue weighted by Gasteiger charge is -2.05. The Morgan fingerprint density at radius 3 is 2.80 bits per heavy atom. The predicted octanol–water partition coefficient (Wildman–Crippen LogP) is 0.562. The van der Waals surface area contributed by atoms with E-state index in [9.17, 15) is 9.59 Å². The van der Waals surface area contributed by atoms with Crippen LogP contribution in [0.3, 0.4) is 0 Å². The van der Waals surface area contributed by atoms with Gasteiger partial charge >= 0.3 is 5.97 Å². The first-order valence-electron chi connectivity index (χ1n) is 4.60. The van der Waals surface area contributed by atoms with Gasteiger partial charge in [0.15, 0.2) is 0 Å². The fourth-order valence-electron chi connectivity index (χ4n) is 0.964. The molecular formula is C9H13N3O3. The van der Waals surface area contributed by atoms with Crippen LogP contribution < -0.4 is 5.32 Å². The third-order valence-corrected chi connectivity index (χ3v) is 1.99. The summed E-state index contributed by atoms with van der Waals surface area (Å²) in [7, 11) is 0. The molecule has 82 valence electrons. The number of carbonyl (C=O) groups is 2. The van der Waals surface area contributed by atoms with Gasteiger partial charge in [-0.05, 0) is 13.8 Å². The second-order valence-electron chi connectivity index (χ2n) is 3.13. The molecule has 0 radical (unpaired) electrons. The largest absolute Gasteiger partial charge is 0.481 e. The van der Waals surface area contributed by atoms with E-state index < -0.39 is 17.8 Å². The van der Waals surface area contributed by atoms with Crippen molar-refractivity contribution in [2.75, 3.05) is 5.32 Å². The lowest BCUT2D eigenvalue weighted by atomic mass is 10.2. The maximum absolute atomic E-state index is 11.3. The summed E-state index contributed by atoms with van der Waals surface area (Å²) in [5.41, 5.74) is 0.509. The maximum Gasteiger partial charge on any atom is 0.315 e. The number of carboxylic acids is 1. The molecule has 6 nitrogen and oxygen atoms in total. The van der Waals surface area contributed by atoms with Crippen LogP contribution in [0.1, 0.15) is 13.8 Å². The molecule has 0 aliphatic carbocycles. The number of carboxylic acid groups (broad SMARTS) is 1. The molecule has 2 N–H and O–H groups in total. The summed E-state index contributed by atoms with van der Waals surface area (Å²) in [4.78, 5) is 21.8. The van der Waals surface area contributed by atoms with Gasteiger partial charge in [-0.3, -0.25) is 14.3 Å². The van der Waals surface area contributed by atoms with E-state index in [1.54, 1.807) is 10.9 Å². The van der Waals surface area contributed by atoms with Gasteiger partial charge in [0.1, 0.15) is 5.92 Å². The molecule has 1 heterocycles. The molecule has 0 aliphatic rings. The minimum absolute atomic E-state index is 0.509. The quantitative estimate of drug-likeness (QED) is 0.713. The number of nitrogens with zero attached hydrogens (tertiary/aromatic N) is 2. The number of aromatic nitrogens is 2. The van der Waals surface area contributed by atoms with Crippen molar-refractivity contribution >= 4 is 17.6 Å². The number of nitrogens with one attached hydrogen (secondary N) is 1. The van der Waals surface area contributed by atoms with Gasteiger partial charge in [-0.15, -0.1) is 0 Å². The van der Waals surface area contributed by atoms with E-state index in [0.717, 1.165) is 0 Å². The van der Waals surface area contributed by atoms with E-state index in [1.165, 1.54) is 13.1 Å². The molecule has 1 amide bonds. The molecule has 0 spiro atoms. The second kappa shape index (κ2) is 4.59. The van der Waals surface area contributed by atoms with E-state index >= 15 is 0 Å². The Morgan fingerprint density at radius 1 is 1.67 bits per heavy atom. The summed E-state index contributed by atoms with van der Waals surface area (Å²) in [5.74, 6) is -2.75. The minimum Gasteiger partial charge on any atom is -0.481 e. The third kappa shape index (κ3) is 2.80. The molecule has 1 atom stereocenters. The van der Waals surface area contributed by atoms with Gasteiger partial charge < -0.3 is 10.4 Å². The van der Waals surface area contributed by atoms with Crippen LogP contribution in [0, 0.1) is 5.92 Å². The second-order valence-corrected chi connectivity index (χ2v) is 3.13. The number of amides is 1. The number of aliphatic carboxylic acids is 1. The SMILES string of the molecule is CCn1cc(NC(=O)C(C)C(=O)O)cn1. The van der Waals surface area contributed by atoms with Crippen molar-refractivity contribution in [1.82, 2.24) is 9.78 Å². The molecule has 0 aliphatic heterocycles. The number of aryl methyl sites for hydroxylation is 1. The van der Waals surface area contributed by atoms with Crippen molar-refractivity contribution in [1.29, 1.82) is 0 Å². The molecule has 0 saturated carbocycles. The first-order valence-corrected chi connectivity index (χ1v) is 4.60. The molecule has 1 unspecified atom stereocenters. The van der Waals surface area contributed by atoms with Crippen LogP contribution in [0.15, 0.2) is 12.4 Å². The first-order chi connectivity index (χ1) is 7.04. The zero-order valence-corrected chi connectivity index (χ0v) is 8.60. The zero-order chi connectivity index (χ0) is 11.4. The van der Waals surface area contributed by atoms with Gasteiger partial charge in [-0.1, -0.05) is 0 Å². The monoisotopic (exact) mass is 211 g/mol. The van der Waals surface area contributed by atoms with Crippen LogP contribution in [0.5, 0.6) is 0 Å². The van der Waals surface area contributed by atoms with Crippen molar-refractivity contribution in [3.8, 4) is 0 Å². The fourth-order valence-corrected chi connectivity index (χ4v) is 0.964. The number of anilines is 1. The van der Waals surface area contributed by atoms with Gasteiger partial charge in [0, 0.05) is 12.7 Å². The maximum atomic E-state index is 11.3. The summed E-state index contributed by atoms with van der Waals surface area (Å²) in [6.07, 6.45) is 3.13. The lowest BCUT2D eigenvalue weighted by Crippen LogP contribution is -2.26. The van der Waals surface area contributed by atoms with Crippen molar-refractivity contribution in [3.05, 3.63) is 12.4 Å². The fraction of sp³-hybridized carbons (Fsp3) is 0.444. The molecule has 0 fully saturated rings. The minimum atomic E-state index is -1.14. The Labute approximate surface area is 86.9 Å². The molecule has 1 aromatic rings. The molecule has 0 aromatic carbocycles. The normalized spacial score (nSPS) is 12.1. The Hall–Kier alpha value is -1.85. The predicted molar refractivity (Wildman–Crippen MR) is 53.3 cm³/mol. The average molecular weight is 211 g/mol. The van der Waals surface area contributed by atoms with Gasteiger partial charge in [0.05, 0.1) is 11.9 Å². The molecular weight excluding hydrogens is 198 g/mol. The number of hydrogen-bond donors (Lipinski definition) is 2. The third-order valence-electron chi connectivity index (χ3n) is 1.99. The summed E-state index contributed by atoms with van der Waals surface area (Å²) in [6, 6.07) is 0. The van der Waals surface area contributed by atoms with Crippen molar-refractivity contribution in [2.24, 2.45) is 5.92 Å². The molecule has 1 rings (SSSR count). The zero-order valence-electron chi connectivity index (χ0n) is 8.60. The smallest absolute Gasteiger partial charge is 0.315 e. The summed E-state index contributed by atoms with van der Waals surface area (Å²) in [6.45, 7) is 3.95. The molecule has 0 bridgehead atoms. The van der Waals surface area contributed by atoms with E-state index in [0.29, 0.717) is 12.2 Å². The van der Waals surface area contributed by atoms with Crippen LogP contribution >= 0.6 is 0 Å². The van der Waals surface area contributed by atoms with Crippen molar-refractivity contribution in [2.45, 2.75) is 20.4 Å². The van der Waals surface area contributed by atoms with Crippen LogP contribution in [0.2, 0.25) is 0 Å². The van der Waals surface area contributed by atoms with Crippen LogP contribution in [-0.4, -0.2) is 26.8 Å². The number of hydrogen-bond acceptors (Lipinski definition) is 3. The van der Waals surface area contributed by atoms with E-state index in [-0.39, 0.29) is 0 Å². The number of rotatable bonds is 4. The van der Waals surface area contributed by atoms with Gasteiger partial charge in [-0.25, -0.2) is 0 Å². The Kier molecular flexibility index (Phi) is 3.43. The highest BCUT2D eigenvalue weighted by atomic mass is 16.4. The molecule has 0 saturated heterocycles. The van der Waals surface area contributed by atoms with E-state index in [2.05, 4.69) is 10.4 Å². The highest BCUT2D eigenvalue weighted by Crippen LogP contribution is 2.07. The summed E-state index contributed by atoms with van der Waals surface area (Å²) in [5, 5.41) is 15.0.